The molecule has 1 fully saturated rings. The third-order valence-corrected chi connectivity index (χ3v) is 4.86. The monoisotopic (exact) mass is 299 g/mol. The van der Waals surface area contributed by atoms with Crippen molar-refractivity contribution in [3.8, 4) is 0 Å². The second-order valence-corrected chi connectivity index (χ2v) is 6.42. The zero-order valence-electron chi connectivity index (χ0n) is 10.3. The van der Waals surface area contributed by atoms with Crippen molar-refractivity contribution in [2.75, 3.05) is 38.4 Å². The van der Waals surface area contributed by atoms with Gasteiger partial charge in [0.2, 0.25) is 10.0 Å². The Kier molecular flexibility index (Phi) is 6.34. The van der Waals surface area contributed by atoms with E-state index in [1.807, 2.05) is 0 Å². The summed E-state index contributed by atoms with van der Waals surface area (Å²) in [6.07, 6.45) is 0.351. The molecule has 0 aromatic carbocycles. The summed E-state index contributed by atoms with van der Waals surface area (Å²) in [7, 11) is -2.09. The van der Waals surface area contributed by atoms with Crippen molar-refractivity contribution in [2.45, 2.75) is 18.9 Å². The zero-order chi connectivity index (χ0) is 13.6. The Labute approximate surface area is 112 Å². The Balaban J connectivity index is 2.57. The first-order chi connectivity index (χ1) is 8.51. The Morgan fingerprint density at radius 3 is 2.83 bits per heavy atom. The number of methoxy groups -OCH3 is 1. The average Bonchev–Trinajstić information content (AvgIpc) is 2.38. The summed E-state index contributed by atoms with van der Waals surface area (Å²) in [6, 6.07) is 0. The Morgan fingerprint density at radius 1 is 1.50 bits per heavy atom. The van der Waals surface area contributed by atoms with E-state index >= 15 is 0 Å². The van der Waals surface area contributed by atoms with Gasteiger partial charge in [0, 0.05) is 12.4 Å². The first-order valence-electron chi connectivity index (χ1n) is 5.74. The van der Waals surface area contributed by atoms with E-state index < -0.39 is 22.1 Å². The highest BCUT2D eigenvalue weighted by Gasteiger charge is 2.33. The normalized spacial score (nSPS) is 21.8. The van der Waals surface area contributed by atoms with Crippen molar-refractivity contribution < 1.29 is 22.7 Å². The number of esters is 1. The molecule has 1 saturated heterocycles. The molecule has 106 valence electrons. The van der Waals surface area contributed by atoms with Gasteiger partial charge in [-0.15, -0.1) is 11.6 Å². The Morgan fingerprint density at radius 2 is 2.22 bits per heavy atom. The van der Waals surface area contributed by atoms with E-state index in [1.54, 1.807) is 0 Å². The molecule has 1 aliphatic heterocycles. The van der Waals surface area contributed by atoms with Crippen LogP contribution in [0.5, 0.6) is 0 Å². The molecule has 0 amide bonds. The van der Waals surface area contributed by atoms with Gasteiger partial charge in [0.1, 0.15) is 0 Å². The quantitative estimate of drug-likeness (QED) is 0.398. The number of morpholine rings is 1. The van der Waals surface area contributed by atoms with Crippen LogP contribution in [0.1, 0.15) is 12.8 Å². The standard InChI is InChI=1S/C10H18ClNO5S/c1-16-10(13)9-8-12(5-6-17-9)18(14,15)7-3-2-4-11/h9H,2-8H2,1H3. The van der Waals surface area contributed by atoms with E-state index in [4.69, 9.17) is 16.3 Å². The van der Waals surface area contributed by atoms with Gasteiger partial charge in [-0.25, -0.2) is 13.2 Å². The Hall–Kier alpha value is -0.370. The third kappa shape index (κ3) is 4.38. The molecule has 1 rings (SSSR count). The highest BCUT2D eigenvalue weighted by atomic mass is 35.5. The summed E-state index contributed by atoms with van der Waals surface area (Å²) in [5, 5.41) is 0. The van der Waals surface area contributed by atoms with Crippen LogP contribution in [0.25, 0.3) is 0 Å². The van der Waals surface area contributed by atoms with E-state index in [0.29, 0.717) is 18.7 Å². The minimum absolute atomic E-state index is 0.0237. The summed E-state index contributed by atoms with van der Waals surface area (Å²) in [5.74, 6) is -0.0486. The fourth-order valence-corrected chi connectivity index (χ4v) is 3.39. The number of nitrogens with zero attached hydrogens (tertiary/aromatic N) is 1. The predicted octanol–water partition coefficient (Wildman–Crippen LogP) is 0.209. The molecule has 0 aromatic heterocycles. The fraction of sp³-hybridized carbons (Fsp3) is 0.900. The van der Waals surface area contributed by atoms with Gasteiger partial charge in [-0.2, -0.15) is 4.31 Å². The summed E-state index contributed by atoms with van der Waals surface area (Å²) >= 11 is 5.51. The molecule has 1 aliphatic rings. The lowest BCUT2D eigenvalue weighted by atomic mass is 10.3. The largest absolute Gasteiger partial charge is 0.467 e. The van der Waals surface area contributed by atoms with E-state index in [2.05, 4.69) is 4.74 Å². The van der Waals surface area contributed by atoms with Crippen LogP contribution in [0.4, 0.5) is 0 Å². The molecule has 6 nitrogen and oxygen atoms in total. The van der Waals surface area contributed by atoms with Gasteiger partial charge >= 0.3 is 5.97 Å². The fourth-order valence-electron chi connectivity index (χ4n) is 1.66. The molecule has 0 bridgehead atoms. The van der Waals surface area contributed by atoms with Crippen LogP contribution in [-0.4, -0.2) is 63.2 Å². The van der Waals surface area contributed by atoms with E-state index in [0.717, 1.165) is 0 Å². The molecule has 0 aromatic rings. The van der Waals surface area contributed by atoms with Crippen LogP contribution in [0.15, 0.2) is 0 Å². The summed E-state index contributed by atoms with van der Waals surface area (Å²) in [6.45, 7) is 0.501. The topological polar surface area (TPSA) is 72.9 Å². The molecule has 1 unspecified atom stereocenters. The number of ether oxygens (including phenoxy) is 2. The number of unbranched alkanes of at least 4 members (excludes halogenated alkanes) is 1. The van der Waals surface area contributed by atoms with Crippen LogP contribution in [-0.2, 0) is 24.3 Å². The van der Waals surface area contributed by atoms with Crippen molar-refractivity contribution in [3.63, 3.8) is 0 Å². The van der Waals surface area contributed by atoms with Crippen molar-refractivity contribution in [3.05, 3.63) is 0 Å². The van der Waals surface area contributed by atoms with Crippen LogP contribution in [0, 0.1) is 0 Å². The second-order valence-electron chi connectivity index (χ2n) is 3.95. The lowest BCUT2D eigenvalue weighted by Crippen LogP contribution is -2.49. The lowest BCUT2D eigenvalue weighted by Gasteiger charge is -2.30. The van der Waals surface area contributed by atoms with Gasteiger partial charge in [0.15, 0.2) is 6.10 Å². The van der Waals surface area contributed by atoms with E-state index in [1.165, 1.54) is 11.4 Å². The number of hydrogen-bond donors (Lipinski definition) is 0. The Bertz CT molecular complexity index is 372. The molecular formula is C10H18ClNO5S. The van der Waals surface area contributed by atoms with Crippen molar-refractivity contribution >= 4 is 27.6 Å². The van der Waals surface area contributed by atoms with Gasteiger partial charge < -0.3 is 9.47 Å². The molecule has 8 heteroatoms. The number of carbonyl (C=O) groups excluding carboxylic acids is 1. The lowest BCUT2D eigenvalue weighted by molar-refractivity contribution is -0.157. The SMILES string of the molecule is COC(=O)C1CN(S(=O)(=O)CCCCCl)CCO1. The molecule has 0 spiro atoms. The summed E-state index contributed by atoms with van der Waals surface area (Å²) in [4.78, 5) is 11.3. The van der Waals surface area contributed by atoms with Crippen molar-refractivity contribution in [1.29, 1.82) is 0 Å². The third-order valence-electron chi connectivity index (χ3n) is 2.67. The van der Waals surface area contributed by atoms with Gasteiger partial charge in [0.25, 0.3) is 0 Å². The van der Waals surface area contributed by atoms with Gasteiger partial charge in [-0.05, 0) is 12.8 Å². The molecule has 18 heavy (non-hydrogen) atoms. The molecule has 1 atom stereocenters. The number of sulfonamides is 1. The number of hydrogen-bond acceptors (Lipinski definition) is 5. The zero-order valence-corrected chi connectivity index (χ0v) is 11.9. The number of halogens is 1. The van der Waals surface area contributed by atoms with Gasteiger partial charge in [-0.1, -0.05) is 0 Å². The molecule has 1 heterocycles. The molecule has 0 aliphatic carbocycles. The van der Waals surface area contributed by atoms with Crippen LogP contribution in [0.2, 0.25) is 0 Å². The molecule has 0 N–H and O–H groups in total. The second kappa shape index (κ2) is 7.28. The summed E-state index contributed by atoms with van der Waals surface area (Å²) in [5.41, 5.74) is 0. The van der Waals surface area contributed by atoms with Gasteiger partial charge in [-0.3, -0.25) is 0 Å². The van der Waals surface area contributed by atoms with E-state index in [9.17, 15) is 13.2 Å². The van der Waals surface area contributed by atoms with Crippen LogP contribution in [0.3, 0.4) is 0 Å². The number of alkyl halides is 1. The average molecular weight is 300 g/mol. The molecule has 0 radical (unpaired) electrons. The van der Waals surface area contributed by atoms with E-state index in [-0.39, 0.29) is 25.4 Å². The van der Waals surface area contributed by atoms with Crippen molar-refractivity contribution in [2.24, 2.45) is 0 Å². The van der Waals surface area contributed by atoms with Crippen molar-refractivity contribution in [1.82, 2.24) is 4.31 Å². The van der Waals surface area contributed by atoms with Crippen LogP contribution >= 0.6 is 11.6 Å². The number of carbonyl (C=O) groups is 1. The molecular weight excluding hydrogens is 282 g/mol. The smallest absolute Gasteiger partial charge is 0.336 e. The minimum atomic E-state index is -3.34. The maximum absolute atomic E-state index is 12.0. The molecule has 0 saturated carbocycles. The maximum atomic E-state index is 12.0. The first kappa shape index (κ1) is 15.7. The number of rotatable bonds is 6. The van der Waals surface area contributed by atoms with Gasteiger partial charge in [0.05, 0.1) is 26.0 Å². The highest BCUT2D eigenvalue weighted by molar-refractivity contribution is 7.89. The van der Waals surface area contributed by atoms with Crippen LogP contribution < -0.4 is 0 Å². The summed E-state index contributed by atoms with van der Waals surface area (Å²) < 4.78 is 35.0. The maximum Gasteiger partial charge on any atom is 0.336 e. The highest BCUT2D eigenvalue weighted by Crippen LogP contribution is 2.13. The minimum Gasteiger partial charge on any atom is -0.467 e. The first-order valence-corrected chi connectivity index (χ1v) is 7.89. The predicted molar refractivity (Wildman–Crippen MR) is 67.1 cm³/mol.